The summed E-state index contributed by atoms with van der Waals surface area (Å²) < 4.78 is 5.82. The first-order chi connectivity index (χ1) is 14.3. The summed E-state index contributed by atoms with van der Waals surface area (Å²) in [5, 5.41) is 22.9. The summed E-state index contributed by atoms with van der Waals surface area (Å²) in [5.41, 5.74) is 0.509. The van der Waals surface area contributed by atoms with Crippen LogP contribution in [0.4, 0.5) is 0 Å². The Labute approximate surface area is 181 Å². The van der Waals surface area contributed by atoms with Crippen LogP contribution in [-0.4, -0.2) is 33.1 Å². The predicted molar refractivity (Wildman–Crippen MR) is 113 cm³/mol. The number of carbonyl (C=O) groups is 2. The van der Waals surface area contributed by atoms with Crippen LogP contribution in [-0.2, 0) is 0 Å². The number of hydrogen-bond acceptors (Lipinski definition) is 4. The number of phenolic OH excluding ortho intramolecular Hbond substituents is 1. The van der Waals surface area contributed by atoms with Gasteiger partial charge < -0.3 is 25.3 Å². The van der Waals surface area contributed by atoms with Crippen LogP contribution in [0.2, 0.25) is 10.0 Å². The van der Waals surface area contributed by atoms with Gasteiger partial charge in [0.25, 0.3) is 5.91 Å². The van der Waals surface area contributed by atoms with Gasteiger partial charge in [-0.2, -0.15) is 0 Å². The molecule has 4 rings (SSSR count). The average molecular weight is 449 g/mol. The molecule has 2 aromatic carbocycles. The smallest absolute Gasteiger partial charge is 0.352 e. The van der Waals surface area contributed by atoms with Gasteiger partial charge in [0.1, 0.15) is 17.2 Å². The minimum Gasteiger partial charge on any atom is -0.507 e. The van der Waals surface area contributed by atoms with E-state index >= 15 is 0 Å². The second-order valence-corrected chi connectivity index (χ2v) is 7.97. The summed E-state index contributed by atoms with van der Waals surface area (Å²) in [5.74, 6) is -1.30. The molecule has 1 aliphatic rings. The van der Waals surface area contributed by atoms with E-state index in [1.807, 2.05) is 0 Å². The van der Waals surface area contributed by atoms with E-state index in [1.165, 1.54) is 30.3 Å². The molecule has 0 atom stereocenters. The number of amides is 1. The van der Waals surface area contributed by atoms with E-state index in [4.69, 9.17) is 33.0 Å². The Kier molecular flexibility index (Phi) is 5.49. The van der Waals surface area contributed by atoms with Crippen LogP contribution in [0.3, 0.4) is 0 Å². The summed E-state index contributed by atoms with van der Waals surface area (Å²) in [7, 11) is 0. The standard InChI is InChI=1S/C21H18Cl2N2O5/c22-14-9-15-12(8-16(25-15)21(28)29)18(23)19(14)30-11-5-6-17(26)13(7-11)20(27)24-10-3-1-2-4-10/h5-10,25-26H,1-4H2,(H,24,27)(H,28,29). The monoisotopic (exact) mass is 448 g/mol. The molecule has 1 aromatic heterocycles. The molecule has 0 aliphatic heterocycles. The molecular weight excluding hydrogens is 431 g/mol. The van der Waals surface area contributed by atoms with Crippen molar-refractivity contribution in [3.05, 3.63) is 51.6 Å². The summed E-state index contributed by atoms with van der Waals surface area (Å²) in [6.07, 6.45) is 3.98. The van der Waals surface area contributed by atoms with Gasteiger partial charge in [0.15, 0.2) is 5.75 Å². The molecule has 0 bridgehead atoms. The highest BCUT2D eigenvalue weighted by Crippen LogP contribution is 2.42. The van der Waals surface area contributed by atoms with E-state index in [-0.39, 0.29) is 50.5 Å². The Balaban J connectivity index is 1.64. The minimum absolute atomic E-state index is 0.0318. The zero-order valence-electron chi connectivity index (χ0n) is 15.7. The van der Waals surface area contributed by atoms with E-state index in [2.05, 4.69) is 10.3 Å². The number of aromatic amines is 1. The lowest BCUT2D eigenvalue weighted by Gasteiger charge is -2.15. The molecule has 1 fully saturated rings. The first kappa shape index (κ1) is 20.4. The summed E-state index contributed by atoms with van der Waals surface area (Å²) in [6.45, 7) is 0. The van der Waals surface area contributed by atoms with Crippen LogP contribution in [0.1, 0.15) is 46.5 Å². The van der Waals surface area contributed by atoms with Crippen molar-refractivity contribution < 1.29 is 24.5 Å². The van der Waals surface area contributed by atoms with Crippen molar-refractivity contribution in [1.82, 2.24) is 10.3 Å². The fourth-order valence-electron chi connectivity index (χ4n) is 3.61. The van der Waals surface area contributed by atoms with Crippen molar-refractivity contribution in [3.63, 3.8) is 0 Å². The van der Waals surface area contributed by atoms with Crippen LogP contribution in [0.5, 0.6) is 17.2 Å². The molecule has 0 spiro atoms. The fraction of sp³-hybridized carbons (Fsp3) is 0.238. The number of carboxylic acid groups (broad SMARTS) is 1. The highest BCUT2D eigenvalue weighted by molar-refractivity contribution is 6.41. The Morgan fingerprint density at radius 2 is 1.87 bits per heavy atom. The Bertz CT molecular complexity index is 1150. The van der Waals surface area contributed by atoms with Gasteiger partial charge in [-0.1, -0.05) is 36.0 Å². The van der Waals surface area contributed by atoms with Crippen molar-refractivity contribution in [2.75, 3.05) is 0 Å². The zero-order chi connectivity index (χ0) is 21.4. The molecule has 4 N–H and O–H groups in total. The number of halogens is 2. The molecule has 30 heavy (non-hydrogen) atoms. The van der Waals surface area contributed by atoms with Gasteiger partial charge in [-0.15, -0.1) is 0 Å². The van der Waals surface area contributed by atoms with Crippen LogP contribution in [0, 0.1) is 0 Å². The number of hydrogen-bond donors (Lipinski definition) is 4. The number of fused-ring (bicyclic) bond motifs is 1. The van der Waals surface area contributed by atoms with Gasteiger partial charge in [0.05, 0.1) is 15.6 Å². The Morgan fingerprint density at radius 1 is 1.13 bits per heavy atom. The predicted octanol–water partition coefficient (Wildman–Crippen LogP) is 5.34. The number of phenols is 1. The zero-order valence-corrected chi connectivity index (χ0v) is 17.2. The quantitative estimate of drug-likeness (QED) is 0.420. The molecule has 9 heteroatoms. The first-order valence-corrected chi connectivity index (χ1v) is 10.1. The second-order valence-electron chi connectivity index (χ2n) is 7.19. The van der Waals surface area contributed by atoms with Crippen LogP contribution in [0.15, 0.2) is 30.3 Å². The summed E-state index contributed by atoms with van der Waals surface area (Å²) in [4.78, 5) is 26.5. The number of nitrogens with one attached hydrogen (secondary N) is 2. The molecule has 1 saturated carbocycles. The minimum atomic E-state index is -1.13. The highest BCUT2D eigenvalue weighted by Gasteiger charge is 2.21. The molecular formula is C21H18Cl2N2O5. The molecule has 1 heterocycles. The van der Waals surface area contributed by atoms with Crippen molar-refractivity contribution in [2.45, 2.75) is 31.7 Å². The molecule has 1 aliphatic carbocycles. The summed E-state index contributed by atoms with van der Waals surface area (Å²) in [6, 6.07) is 7.26. The maximum Gasteiger partial charge on any atom is 0.352 e. The number of carbonyl (C=O) groups excluding carboxylic acids is 1. The third-order valence-corrected chi connectivity index (χ3v) is 5.78. The lowest BCUT2D eigenvalue weighted by molar-refractivity contribution is 0.0691. The van der Waals surface area contributed by atoms with Crippen LogP contribution >= 0.6 is 23.2 Å². The van der Waals surface area contributed by atoms with Crippen molar-refractivity contribution in [2.24, 2.45) is 0 Å². The fourth-order valence-corrected chi connectivity index (χ4v) is 4.19. The lowest BCUT2D eigenvalue weighted by atomic mass is 10.1. The lowest BCUT2D eigenvalue weighted by Crippen LogP contribution is -2.32. The molecule has 1 amide bonds. The van der Waals surface area contributed by atoms with E-state index in [0.29, 0.717) is 10.9 Å². The normalized spacial score (nSPS) is 14.2. The van der Waals surface area contributed by atoms with E-state index in [0.717, 1.165) is 25.7 Å². The van der Waals surface area contributed by atoms with Crippen molar-refractivity contribution >= 4 is 46.0 Å². The maximum absolute atomic E-state index is 12.6. The largest absolute Gasteiger partial charge is 0.507 e. The van der Waals surface area contributed by atoms with Gasteiger partial charge in [-0.3, -0.25) is 4.79 Å². The molecule has 0 radical (unpaired) electrons. The SMILES string of the molecule is O=C(O)c1cc2c(Cl)c(Oc3ccc(O)c(C(=O)NC4CCCC4)c3)c(Cl)cc2[nH]1. The number of carboxylic acids is 1. The van der Waals surface area contributed by atoms with Gasteiger partial charge in [-0.05, 0) is 43.2 Å². The van der Waals surface area contributed by atoms with Crippen molar-refractivity contribution in [3.8, 4) is 17.2 Å². The number of aromatic carboxylic acids is 1. The van der Waals surface area contributed by atoms with Crippen molar-refractivity contribution in [1.29, 1.82) is 0 Å². The number of aromatic hydroxyl groups is 1. The van der Waals surface area contributed by atoms with E-state index in [1.54, 1.807) is 0 Å². The van der Waals surface area contributed by atoms with Gasteiger partial charge in [-0.25, -0.2) is 4.79 Å². The number of rotatable bonds is 5. The van der Waals surface area contributed by atoms with E-state index in [9.17, 15) is 14.7 Å². The Hall–Kier alpha value is -2.90. The number of benzene rings is 2. The van der Waals surface area contributed by atoms with Crippen LogP contribution in [0.25, 0.3) is 10.9 Å². The van der Waals surface area contributed by atoms with Gasteiger partial charge in [0, 0.05) is 16.9 Å². The number of ether oxygens (including phenoxy) is 1. The number of aromatic nitrogens is 1. The van der Waals surface area contributed by atoms with E-state index < -0.39 is 5.97 Å². The average Bonchev–Trinajstić information content (AvgIpc) is 3.36. The molecule has 7 nitrogen and oxygen atoms in total. The molecule has 0 saturated heterocycles. The maximum atomic E-state index is 12.6. The highest BCUT2D eigenvalue weighted by atomic mass is 35.5. The third-order valence-electron chi connectivity index (χ3n) is 5.13. The molecule has 0 unspecified atom stereocenters. The topological polar surface area (TPSA) is 112 Å². The number of H-pyrrole nitrogens is 1. The second kappa shape index (κ2) is 8.08. The Morgan fingerprint density at radius 3 is 2.57 bits per heavy atom. The summed E-state index contributed by atoms with van der Waals surface area (Å²) >= 11 is 12.7. The molecule has 156 valence electrons. The molecule has 3 aromatic rings. The first-order valence-electron chi connectivity index (χ1n) is 9.39. The third kappa shape index (κ3) is 3.91. The van der Waals surface area contributed by atoms with Gasteiger partial charge >= 0.3 is 5.97 Å². The van der Waals surface area contributed by atoms with Crippen LogP contribution < -0.4 is 10.1 Å². The van der Waals surface area contributed by atoms with Gasteiger partial charge in [0.2, 0.25) is 0 Å².